The Hall–Kier alpha value is -2.10. The lowest BCUT2D eigenvalue weighted by Gasteiger charge is -2.31. The standard InChI is InChI=1S/C23H29BrClN3O4S/c1-4-5-14-26-23(30)17(2)27(15-18-10-12-19(25)13-11-18)22(29)16-28(33(3,31)32)21-9-7-6-8-20(21)24/h6-13,17H,4-5,14-16H2,1-3H3,(H,26,30)/t17-/m1/s1. The molecule has 0 unspecified atom stereocenters. The number of carbonyl (C=O) groups is 2. The second-order valence-corrected chi connectivity index (χ2v) is 10.9. The number of hydrogen-bond donors (Lipinski definition) is 1. The van der Waals surface area contributed by atoms with E-state index in [2.05, 4.69) is 21.2 Å². The quantitative estimate of drug-likeness (QED) is 0.419. The van der Waals surface area contributed by atoms with Crippen LogP contribution in [-0.2, 0) is 26.2 Å². The Morgan fingerprint density at radius 2 is 1.76 bits per heavy atom. The van der Waals surface area contributed by atoms with Gasteiger partial charge in [-0.15, -0.1) is 0 Å². The molecule has 0 aliphatic carbocycles. The van der Waals surface area contributed by atoms with Gasteiger partial charge in [-0.3, -0.25) is 13.9 Å². The summed E-state index contributed by atoms with van der Waals surface area (Å²) in [6.07, 6.45) is 2.80. The third-order valence-electron chi connectivity index (χ3n) is 5.06. The molecule has 1 N–H and O–H groups in total. The third-order valence-corrected chi connectivity index (χ3v) is 7.11. The molecule has 0 heterocycles. The molecule has 0 saturated heterocycles. The van der Waals surface area contributed by atoms with Crippen molar-refractivity contribution in [2.24, 2.45) is 0 Å². The first kappa shape index (κ1) is 27.1. The van der Waals surface area contributed by atoms with Gasteiger partial charge in [0.2, 0.25) is 21.8 Å². The molecule has 0 spiro atoms. The smallest absolute Gasteiger partial charge is 0.244 e. The number of amides is 2. The molecule has 0 radical (unpaired) electrons. The van der Waals surface area contributed by atoms with E-state index >= 15 is 0 Å². The predicted octanol–water partition coefficient (Wildman–Crippen LogP) is 4.20. The molecule has 2 aromatic rings. The highest BCUT2D eigenvalue weighted by Gasteiger charge is 2.30. The zero-order valence-corrected chi connectivity index (χ0v) is 22.1. The van der Waals surface area contributed by atoms with Crippen LogP contribution in [0.2, 0.25) is 5.02 Å². The van der Waals surface area contributed by atoms with Crippen molar-refractivity contribution in [3.8, 4) is 0 Å². The Balaban J connectivity index is 2.34. The van der Waals surface area contributed by atoms with E-state index in [1.54, 1.807) is 55.5 Å². The molecular formula is C23H29BrClN3O4S. The summed E-state index contributed by atoms with van der Waals surface area (Å²) < 4.78 is 26.7. The monoisotopic (exact) mass is 557 g/mol. The summed E-state index contributed by atoms with van der Waals surface area (Å²) in [7, 11) is -3.77. The average Bonchev–Trinajstić information content (AvgIpc) is 2.76. The van der Waals surface area contributed by atoms with Gasteiger partial charge in [-0.2, -0.15) is 0 Å². The first-order valence-corrected chi connectivity index (χ1v) is 13.6. The first-order chi connectivity index (χ1) is 15.5. The van der Waals surface area contributed by atoms with Gasteiger partial charge < -0.3 is 10.2 Å². The number of rotatable bonds is 11. The van der Waals surface area contributed by atoms with Crippen molar-refractivity contribution < 1.29 is 18.0 Å². The van der Waals surface area contributed by atoms with Gasteiger partial charge in [-0.1, -0.05) is 49.2 Å². The van der Waals surface area contributed by atoms with Crippen LogP contribution in [0.5, 0.6) is 0 Å². The molecule has 2 aromatic carbocycles. The second-order valence-electron chi connectivity index (χ2n) is 7.69. The third kappa shape index (κ3) is 8.01. The molecule has 1 atom stereocenters. The summed E-state index contributed by atoms with van der Waals surface area (Å²) in [5.74, 6) is -0.790. The van der Waals surface area contributed by atoms with E-state index in [-0.39, 0.29) is 12.5 Å². The number of nitrogens with one attached hydrogen (secondary N) is 1. The Morgan fingerprint density at radius 3 is 2.33 bits per heavy atom. The zero-order chi connectivity index (χ0) is 24.6. The van der Waals surface area contributed by atoms with Crippen LogP contribution in [-0.4, -0.2) is 50.5 Å². The lowest BCUT2D eigenvalue weighted by atomic mass is 10.1. The summed E-state index contributed by atoms with van der Waals surface area (Å²) in [5, 5.41) is 3.40. The second kappa shape index (κ2) is 12.4. The molecular weight excluding hydrogens is 530 g/mol. The normalized spacial score (nSPS) is 12.2. The predicted molar refractivity (Wildman–Crippen MR) is 136 cm³/mol. The van der Waals surface area contributed by atoms with Gasteiger partial charge >= 0.3 is 0 Å². The fourth-order valence-electron chi connectivity index (χ4n) is 3.15. The van der Waals surface area contributed by atoms with Gasteiger partial charge in [0, 0.05) is 22.6 Å². The summed E-state index contributed by atoms with van der Waals surface area (Å²) in [6.45, 7) is 3.86. The number of halogens is 2. The topological polar surface area (TPSA) is 86.8 Å². The maximum atomic E-state index is 13.4. The fraction of sp³-hybridized carbons (Fsp3) is 0.391. The maximum Gasteiger partial charge on any atom is 0.244 e. The summed E-state index contributed by atoms with van der Waals surface area (Å²) in [5.41, 5.74) is 1.12. The van der Waals surface area contributed by atoms with Crippen LogP contribution in [0.1, 0.15) is 32.3 Å². The van der Waals surface area contributed by atoms with Crippen LogP contribution in [0.3, 0.4) is 0 Å². The number of unbranched alkanes of at least 4 members (excludes halogenated alkanes) is 1. The Morgan fingerprint density at radius 1 is 1.12 bits per heavy atom. The Kier molecular flexibility index (Phi) is 10.2. The lowest BCUT2D eigenvalue weighted by Crippen LogP contribution is -2.51. The van der Waals surface area contributed by atoms with E-state index in [9.17, 15) is 18.0 Å². The van der Waals surface area contributed by atoms with E-state index in [4.69, 9.17) is 11.6 Å². The molecule has 2 amide bonds. The van der Waals surface area contributed by atoms with Crippen LogP contribution in [0.4, 0.5) is 5.69 Å². The SMILES string of the molecule is CCCCNC(=O)[C@@H](C)N(Cc1ccc(Cl)cc1)C(=O)CN(c1ccccc1Br)S(C)(=O)=O. The molecule has 0 saturated carbocycles. The van der Waals surface area contributed by atoms with Gasteiger partial charge in [0.25, 0.3) is 0 Å². The molecule has 0 aliphatic heterocycles. The zero-order valence-electron chi connectivity index (χ0n) is 18.9. The molecule has 2 rings (SSSR count). The highest BCUT2D eigenvalue weighted by atomic mass is 79.9. The molecule has 10 heteroatoms. The molecule has 0 aliphatic rings. The number of sulfonamides is 1. The van der Waals surface area contributed by atoms with Gasteiger partial charge in [0.1, 0.15) is 12.6 Å². The summed E-state index contributed by atoms with van der Waals surface area (Å²) in [4.78, 5) is 27.6. The minimum absolute atomic E-state index is 0.131. The number of anilines is 1. The lowest BCUT2D eigenvalue weighted by molar-refractivity contribution is -0.139. The van der Waals surface area contributed by atoms with Gasteiger partial charge in [0.05, 0.1) is 11.9 Å². The average molecular weight is 559 g/mol. The molecule has 180 valence electrons. The molecule has 0 aromatic heterocycles. The first-order valence-electron chi connectivity index (χ1n) is 10.6. The minimum Gasteiger partial charge on any atom is -0.354 e. The highest BCUT2D eigenvalue weighted by molar-refractivity contribution is 9.10. The van der Waals surface area contributed by atoms with E-state index in [0.29, 0.717) is 21.7 Å². The molecule has 0 bridgehead atoms. The van der Waals surface area contributed by atoms with Gasteiger partial charge in [-0.05, 0) is 59.1 Å². The van der Waals surface area contributed by atoms with Crippen molar-refractivity contribution in [2.75, 3.05) is 23.7 Å². The molecule has 33 heavy (non-hydrogen) atoms. The van der Waals surface area contributed by atoms with Crippen LogP contribution < -0.4 is 9.62 Å². The van der Waals surface area contributed by atoms with Crippen molar-refractivity contribution in [1.29, 1.82) is 0 Å². The van der Waals surface area contributed by atoms with Crippen LogP contribution in [0.15, 0.2) is 53.0 Å². The van der Waals surface area contributed by atoms with E-state index in [0.717, 1.165) is 29.0 Å². The number of carbonyl (C=O) groups excluding carboxylic acids is 2. The largest absolute Gasteiger partial charge is 0.354 e. The van der Waals surface area contributed by atoms with Crippen LogP contribution >= 0.6 is 27.5 Å². The van der Waals surface area contributed by atoms with Crippen LogP contribution in [0.25, 0.3) is 0 Å². The van der Waals surface area contributed by atoms with Crippen molar-refractivity contribution in [3.63, 3.8) is 0 Å². The van der Waals surface area contributed by atoms with Crippen molar-refractivity contribution in [1.82, 2.24) is 10.2 Å². The highest BCUT2D eigenvalue weighted by Crippen LogP contribution is 2.28. The van der Waals surface area contributed by atoms with Crippen molar-refractivity contribution >= 4 is 55.1 Å². The Bertz CT molecular complexity index is 1060. The Labute approximate surface area is 209 Å². The number of hydrogen-bond acceptors (Lipinski definition) is 4. The van der Waals surface area contributed by atoms with Crippen molar-refractivity contribution in [2.45, 2.75) is 39.3 Å². The van der Waals surface area contributed by atoms with Crippen molar-refractivity contribution in [3.05, 3.63) is 63.6 Å². The van der Waals surface area contributed by atoms with Crippen LogP contribution in [0, 0.1) is 0 Å². The summed E-state index contributed by atoms with van der Waals surface area (Å²) in [6, 6.07) is 12.9. The number of benzene rings is 2. The fourth-order valence-corrected chi connectivity index (χ4v) is 4.76. The van der Waals surface area contributed by atoms with E-state index in [1.165, 1.54) is 4.90 Å². The maximum absolute atomic E-state index is 13.4. The molecule has 7 nitrogen and oxygen atoms in total. The summed E-state index contributed by atoms with van der Waals surface area (Å²) >= 11 is 9.33. The number of para-hydroxylation sites is 1. The minimum atomic E-state index is -3.77. The molecule has 0 fully saturated rings. The number of nitrogens with zero attached hydrogens (tertiary/aromatic N) is 2. The van der Waals surface area contributed by atoms with Gasteiger partial charge in [0.15, 0.2) is 0 Å². The van der Waals surface area contributed by atoms with E-state index < -0.39 is 28.5 Å². The van der Waals surface area contributed by atoms with E-state index in [1.807, 2.05) is 6.92 Å². The van der Waals surface area contributed by atoms with Gasteiger partial charge in [-0.25, -0.2) is 8.42 Å².